The van der Waals surface area contributed by atoms with Crippen molar-refractivity contribution in [2.75, 3.05) is 13.2 Å². The second-order valence-corrected chi connectivity index (χ2v) is 4.94. The highest BCUT2D eigenvalue weighted by Crippen LogP contribution is 2.22. The van der Waals surface area contributed by atoms with Crippen molar-refractivity contribution in [3.63, 3.8) is 0 Å². The lowest BCUT2D eigenvalue weighted by atomic mass is 10.1. The van der Waals surface area contributed by atoms with E-state index in [-0.39, 0.29) is 19.0 Å². The maximum Gasteiger partial charge on any atom is 0.132 e. The molecule has 5 heteroatoms. The summed E-state index contributed by atoms with van der Waals surface area (Å²) in [5.41, 5.74) is 1.43. The van der Waals surface area contributed by atoms with Crippen LogP contribution in [-0.2, 0) is 6.61 Å². The van der Waals surface area contributed by atoms with E-state index in [1.54, 1.807) is 48.7 Å². The Bertz CT molecular complexity index is 790. The van der Waals surface area contributed by atoms with Gasteiger partial charge in [0, 0.05) is 17.1 Å². The molecule has 118 valence electrons. The number of rotatable bonds is 6. The molecule has 0 bridgehead atoms. The first-order valence-electron chi connectivity index (χ1n) is 7.26. The van der Waals surface area contributed by atoms with Gasteiger partial charge in [0.05, 0.1) is 12.1 Å². The number of aliphatic hydroxyl groups is 1. The summed E-state index contributed by atoms with van der Waals surface area (Å²) in [6.45, 7) is 0.529. The predicted octanol–water partition coefficient (Wildman–Crippen LogP) is 3.32. The minimum atomic E-state index is -0.290. The number of hydrogen-bond acceptors (Lipinski definition) is 4. The van der Waals surface area contributed by atoms with Crippen LogP contribution in [-0.4, -0.2) is 23.3 Å². The molecule has 4 nitrogen and oxygen atoms in total. The van der Waals surface area contributed by atoms with Crippen molar-refractivity contribution in [1.82, 2.24) is 4.98 Å². The second-order valence-electron chi connectivity index (χ2n) is 4.94. The largest absolute Gasteiger partial charge is 0.491 e. The Morgan fingerprint density at radius 3 is 2.43 bits per heavy atom. The Morgan fingerprint density at radius 1 is 0.957 bits per heavy atom. The Balaban J connectivity index is 1.72. The minimum absolute atomic E-state index is 0.0249. The molecule has 3 rings (SSSR count). The molecule has 0 atom stereocenters. The highest BCUT2D eigenvalue weighted by atomic mass is 19.1. The fourth-order valence-electron chi connectivity index (χ4n) is 2.27. The zero-order valence-corrected chi connectivity index (χ0v) is 12.4. The molecule has 1 heterocycles. The van der Waals surface area contributed by atoms with Crippen molar-refractivity contribution in [1.29, 1.82) is 0 Å². The van der Waals surface area contributed by atoms with E-state index >= 15 is 0 Å². The zero-order valence-electron chi connectivity index (χ0n) is 12.4. The number of benzene rings is 2. The normalized spacial score (nSPS) is 10.7. The van der Waals surface area contributed by atoms with E-state index in [2.05, 4.69) is 4.98 Å². The van der Waals surface area contributed by atoms with Crippen LogP contribution >= 0.6 is 0 Å². The first kappa shape index (κ1) is 15.2. The number of aromatic nitrogens is 1. The first-order chi connectivity index (χ1) is 11.3. The number of nitrogens with zero attached hydrogens (tertiary/aromatic N) is 1. The summed E-state index contributed by atoms with van der Waals surface area (Å²) in [5, 5.41) is 9.20. The summed E-state index contributed by atoms with van der Waals surface area (Å²) in [6, 6.07) is 13.6. The van der Waals surface area contributed by atoms with Crippen molar-refractivity contribution >= 4 is 10.9 Å². The van der Waals surface area contributed by atoms with Gasteiger partial charge in [0.15, 0.2) is 0 Å². The molecule has 1 N–H and O–H groups in total. The Kier molecular flexibility index (Phi) is 4.68. The van der Waals surface area contributed by atoms with Gasteiger partial charge in [-0.2, -0.15) is 0 Å². The van der Waals surface area contributed by atoms with Crippen LogP contribution in [0.1, 0.15) is 5.56 Å². The Morgan fingerprint density at radius 2 is 1.70 bits per heavy atom. The number of pyridine rings is 1. The zero-order chi connectivity index (χ0) is 16.1. The predicted molar refractivity (Wildman–Crippen MR) is 85.1 cm³/mol. The van der Waals surface area contributed by atoms with Crippen LogP contribution < -0.4 is 9.47 Å². The van der Waals surface area contributed by atoms with Crippen molar-refractivity contribution in [2.24, 2.45) is 0 Å². The van der Waals surface area contributed by atoms with E-state index in [4.69, 9.17) is 14.6 Å². The highest BCUT2D eigenvalue weighted by Gasteiger charge is 2.07. The molecule has 23 heavy (non-hydrogen) atoms. The molecule has 0 fully saturated rings. The van der Waals surface area contributed by atoms with Crippen LogP contribution in [0.15, 0.2) is 54.7 Å². The molecule has 0 spiro atoms. The maximum absolute atomic E-state index is 13.8. The molecule has 0 saturated carbocycles. The van der Waals surface area contributed by atoms with Crippen molar-refractivity contribution in [2.45, 2.75) is 6.61 Å². The Hall–Kier alpha value is -2.66. The van der Waals surface area contributed by atoms with Crippen LogP contribution in [0.25, 0.3) is 10.9 Å². The van der Waals surface area contributed by atoms with Gasteiger partial charge in [0.25, 0.3) is 0 Å². The molecule has 0 aliphatic rings. The molecule has 0 unspecified atom stereocenters. The average Bonchev–Trinajstić information content (AvgIpc) is 2.60. The SMILES string of the molecule is OCCOc1ccc(OCc2ccc(F)c3cccnc23)cc1. The highest BCUT2D eigenvalue weighted by molar-refractivity contribution is 5.82. The summed E-state index contributed by atoms with van der Waals surface area (Å²) in [5.74, 6) is 1.05. The quantitative estimate of drug-likeness (QED) is 0.758. The second kappa shape index (κ2) is 7.07. The molecule has 1 aromatic heterocycles. The van der Waals surface area contributed by atoms with Gasteiger partial charge in [0.2, 0.25) is 0 Å². The summed E-state index contributed by atoms with van der Waals surface area (Å²) in [7, 11) is 0. The topological polar surface area (TPSA) is 51.6 Å². The van der Waals surface area contributed by atoms with E-state index < -0.39 is 0 Å². The van der Waals surface area contributed by atoms with Gasteiger partial charge in [-0.25, -0.2) is 4.39 Å². The summed E-state index contributed by atoms with van der Waals surface area (Å²) >= 11 is 0. The van der Waals surface area contributed by atoms with Gasteiger partial charge in [-0.05, 0) is 42.5 Å². The van der Waals surface area contributed by atoms with E-state index in [1.165, 1.54) is 6.07 Å². The molecule has 0 saturated heterocycles. The third-order valence-electron chi connectivity index (χ3n) is 3.38. The number of aliphatic hydroxyl groups excluding tert-OH is 1. The summed E-state index contributed by atoms with van der Waals surface area (Å²) in [6.07, 6.45) is 1.64. The lowest BCUT2D eigenvalue weighted by molar-refractivity contribution is 0.201. The number of hydrogen-bond donors (Lipinski definition) is 1. The first-order valence-corrected chi connectivity index (χ1v) is 7.26. The van der Waals surface area contributed by atoms with Gasteiger partial charge >= 0.3 is 0 Å². The van der Waals surface area contributed by atoms with Crippen LogP contribution in [0.5, 0.6) is 11.5 Å². The molecule has 2 aromatic carbocycles. The van der Waals surface area contributed by atoms with Crippen LogP contribution in [0.3, 0.4) is 0 Å². The average molecular weight is 313 g/mol. The standard InChI is InChI=1S/C18H16FNO3/c19-17-8-3-13(18-16(17)2-1-9-20-18)12-23-15-6-4-14(5-7-15)22-11-10-21/h1-9,21H,10-12H2. The van der Waals surface area contributed by atoms with E-state index in [9.17, 15) is 4.39 Å². The number of halogens is 1. The number of fused-ring (bicyclic) bond motifs is 1. The van der Waals surface area contributed by atoms with Gasteiger partial charge in [-0.1, -0.05) is 6.07 Å². The monoisotopic (exact) mass is 313 g/mol. The fourth-order valence-corrected chi connectivity index (χ4v) is 2.27. The fraction of sp³-hybridized carbons (Fsp3) is 0.167. The van der Waals surface area contributed by atoms with Gasteiger partial charge in [0.1, 0.15) is 30.5 Å². The third-order valence-corrected chi connectivity index (χ3v) is 3.38. The lowest BCUT2D eigenvalue weighted by Gasteiger charge is -2.10. The molecule has 3 aromatic rings. The summed E-state index contributed by atoms with van der Waals surface area (Å²) < 4.78 is 24.8. The van der Waals surface area contributed by atoms with E-state index in [0.717, 1.165) is 5.56 Å². The maximum atomic E-state index is 13.8. The third kappa shape index (κ3) is 3.57. The van der Waals surface area contributed by atoms with E-state index in [0.29, 0.717) is 29.0 Å². The molecule has 0 radical (unpaired) electrons. The van der Waals surface area contributed by atoms with Gasteiger partial charge < -0.3 is 14.6 Å². The van der Waals surface area contributed by atoms with Crippen molar-refractivity contribution in [3.05, 3.63) is 66.1 Å². The molecular weight excluding hydrogens is 297 g/mol. The van der Waals surface area contributed by atoms with Gasteiger partial charge in [-0.15, -0.1) is 0 Å². The lowest BCUT2D eigenvalue weighted by Crippen LogP contribution is -2.01. The molecule has 0 aliphatic heterocycles. The number of ether oxygens (including phenoxy) is 2. The molecule has 0 aliphatic carbocycles. The van der Waals surface area contributed by atoms with Crippen LogP contribution in [0.2, 0.25) is 0 Å². The van der Waals surface area contributed by atoms with Crippen molar-refractivity contribution in [3.8, 4) is 11.5 Å². The van der Waals surface area contributed by atoms with Crippen LogP contribution in [0.4, 0.5) is 4.39 Å². The van der Waals surface area contributed by atoms with Crippen molar-refractivity contribution < 1.29 is 19.0 Å². The van der Waals surface area contributed by atoms with Gasteiger partial charge in [-0.3, -0.25) is 4.98 Å². The minimum Gasteiger partial charge on any atom is -0.491 e. The van der Waals surface area contributed by atoms with E-state index in [1.807, 2.05) is 0 Å². The Labute approximate surface area is 133 Å². The summed E-state index contributed by atoms with van der Waals surface area (Å²) in [4.78, 5) is 4.24. The van der Waals surface area contributed by atoms with Crippen LogP contribution in [0, 0.1) is 5.82 Å². The molecule has 0 amide bonds. The smallest absolute Gasteiger partial charge is 0.132 e. The molecular formula is C18H16FNO3.